The highest BCUT2D eigenvalue weighted by atomic mass is 16.5. The molecule has 0 amide bonds. The van der Waals surface area contributed by atoms with Gasteiger partial charge in [-0.05, 0) is 38.4 Å². The number of likely N-dealkylation sites (tertiary alicyclic amines) is 1. The summed E-state index contributed by atoms with van der Waals surface area (Å²) < 4.78 is 16.3. The Morgan fingerprint density at radius 3 is 2.50 bits per heavy atom. The van der Waals surface area contributed by atoms with Crippen LogP contribution in [0.15, 0.2) is 18.2 Å². The van der Waals surface area contributed by atoms with E-state index in [1.165, 1.54) is 19.3 Å². The van der Waals surface area contributed by atoms with Crippen molar-refractivity contribution in [2.45, 2.75) is 38.3 Å². The number of aliphatic hydroxyl groups is 1. The smallest absolute Gasteiger partial charge is 0.203 e. The molecule has 2 atom stereocenters. The molecule has 0 unspecified atom stereocenters. The first-order chi connectivity index (χ1) is 10.7. The second kappa shape index (κ2) is 8.25. The third-order valence-corrected chi connectivity index (χ3v) is 4.19. The predicted molar refractivity (Wildman–Crippen MR) is 85.9 cm³/mol. The van der Waals surface area contributed by atoms with E-state index >= 15 is 0 Å². The van der Waals surface area contributed by atoms with Gasteiger partial charge in [0.2, 0.25) is 5.75 Å². The van der Waals surface area contributed by atoms with Crippen molar-refractivity contribution in [1.29, 1.82) is 0 Å². The molecule has 1 aliphatic rings. The van der Waals surface area contributed by atoms with E-state index in [2.05, 4.69) is 11.8 Å². The Kier molecular flexibility index (Phi) is 6.34. The van der Waals surface area contributed by atoms with E-state index < -0.39 is 6.10 Å². The van der Waals surface area contributed by atoms with Gasteiger partial charge in [-0.25, -0.2) is 0 Å². The molecular formula is C17H27NO4. The molecule has 5 nitrogen and oxygen atoms in total. The first-order valence-corrected chi connectivity index (χ1v) is 7.91. The van der Waals surface area contributed by atoms with E-state index in [0.29, 0.717) is 29.8 Å². The molecule has 1 aromatic rings. The van der Waals surface area contributed by atoms with Crippen LogP contribution in [-0.4, -0.2) is 56.1 Å². The number of ether oxygens (including phenoxy) is 3. The Hall–Kier alpha value is -1.46. The maximum Gasteiger partial charge on any atom is 0.203 e. The van der Waals surface area contributed by atoms with Crippen LogP contribution in [0.25, 0.3) is 0 Å². The molecule has 1 aliphatic heterocycles. The lowest BCUT2D eigenvalue weighted by Gasteiger charge is -2.34. The van der Waals surface area contributed by atoms with E-state index in [1.807, 2.05) is 18.2 Å². The number of piperidine rings is 1. The number of methoxy groups -OCH3 is 2. The molecule has 0 saturated carbocycles. The van der Waals surface area contributed by atoms with Gasteiger partial charge in [0.1, 0.15) is 12.7 Å². The zero-order valence-electron chi connectivity index (χ0n) is 13.7. The maximum absolute atomic E-state index is 10.3. The van der Waals surface area contributed by atoms with Crippen molar-refractivity contribution < 1.29 is 19.3 Å². The monoisotopic (exact) mass is 309 g/mol. The molecule has 0 radical (unpaired) electrons. The molecule has 1 saturated heterocycles. The molecule has 0 bridgehead atoms. The SMILES string of the molecule is COc1cccc(OC)c1OC[C@H](O)CN1CCCC[C@H]1C. The molecule has 2 rings (SSSR count). The van der Waals surface area contributed by atoms with Crippen LogP contribution >= 0.6 is 0 Å². The summed E-state index contributed by atoms with van der Waals surface area (Å²) in [6.07, 6.45) is 3.16. The summed E-state index contributed by atoms with van der Waals surface area (Å²) in [6.45, 7) is 4.13. The molecule has 1 N–H and O–H groups in total. The Morgan fingerprint density at radius 1 is 1.23 bits per heavy atom. The highest BCUT2D eigenvalue weighted by molar-refractivity contribution is 5.51. The minimum atomic E-state index is -0.532. The maximum atomic E-state index is 10.3. The molecular weight excluding hydrogens is 282 g/mol. The van der Waals surface area contributed by atoms with Crippen molar-refractivity contribution >= 4 is 0 Å². The van der Waals surface area contributed by atoms with Crippen LogP contribution in [0.4, 0.5) is 0 Å². The van der Waals surface area contributed by atoms with Crippen molar-refractivity contribution in [3.05, 3.63) is 18.2 Å². The molecule has 0 aromatic heterocycles. The van der Waals surface area contributed by atoms with Gasteiger partial charge in [-0.15, -0.1) is 0 Å². The van der Waals surface area contributed by atoms with Gasteiger partial charge in [-0.2, -0.15) is 0 Å². The topological polar surface area (TPSA) is 51.2 Å². The quantitative estimate of drug-likeness (QED) is 0.837. The van der Waals surface area contributed by atoms with Crippen molar-refractivity contribution in [3.63, 3.8) is 0 Å². The van der Waals surface area contributed by atoms with Crippen molar-refractivity contribution in [1.82, 2.24) is 4.90 Å². The number of hydrogen-bond donors (Lipinski definition) is 1. The van der Waals surface area contributed by atoms with Crippen LogP contribution < -0.4 is 14.2 Å². The van der Waals surface area contributed by atoms with Gasteiger partial charge in [0, 0.05) is 12.6 Å². The molecule has 0 spiro atoms. The number of benzene rings is 1. The number of β-amino-alcohol motifs (C(OH)–C–C–N with tert-alkyl or cyclic N) is 1. The first kappa shape index (κ1) is 16.9. The van der Waals surface area contributed by atoms with Gasteiger partial charge in [-0.1, -0.05) is 12.5 Å². The normalized spacial score (nSPS) is 20.5. The average Bonchev–Trinajstić information content (AvgIpc) is 2.54. The summed E-state index contributed by atoms with van der Waals surface area (Å²) in [6, 6.07) is 6.01. The third kappa shape index (κ3) is 4.27. The summed E-state index contributed by atoms with van der Waals surface area (Å²) >= 11 is 0. The average molecular weight is 309 g/mol. The number of hydrogen-bond acceptors (Lipinski definition) is 5. The highest BCUT2D eigenvalue weighted by Gasteiger charge is 2.21. The zero-order valence-corrected chi connectivity index (χ0v) is 13.7. The van der Waals surface area contributed by atoms with Crippen LogP contribution in [0.3, 0.4) is 0 Å². The minimum Gasteiger partial charge on any atom is -0.493 e. The van der Waals surface area contributed by atoms with Gasteiger partial charge >= 0.3 is 0 Å². The van der Waals surface area contributed by atoms with E-state index in [4.69, 9.17) is 14.2 Å². The van der Waals surface area contributed by atoms with E-state index in [1.54, 1.807) is 14.2 Å². The lowest BCUT2D eigenvalue weighted by molar-refractivity contribution is 0.0424. The fraction of sp³-hybridized carbons (Fsp3) is 0.647. The summed E-state index contributed by atoms with van der Waals surface area (Å²) in [4.78, 5) is 2.33. The first-order valence-electron chi connectivity index (χ1n) is 7.91. The van der Waals surface area contributed by atoms with Gasteiger partial charge in [-0.3, -0.25) is 4.90 Å². The van der Waals surface area contributed by atoms with Crippen LogP contribution in [0.2, 0.25) is 0 Å². The second-order valence-electron chi connectivity index (χ2n) is 5.80. The van der Waals surface area contributed by atoms with Crippen LogP contribution in [-0.2, 0) is 0 Å². The Labute approximate surface area is 132 Å². The molecule has 1 aromatic carbocycles. The molecule has 1 fully saturated rings. The summed E-state index contributed by atoms with van der Waals surface area (Å²) in [5.74, 6) is 1.76. The Balaban J connectivity index is 1.92. The standard InChI is InChI=1S/C17H27NO4/c1-13-7-4-5-10-18(13)11-14(19)12-22-17-15(20-2)8-6-9-16(17)21-3/h6,8-9,13-14,19H,4-5,7,10-12H2,1-3H3/t13-,14-/m1/s1. The van der Waals surface area contributed by atoms with Gasteiger partial charge in [0.25, 0.3) is 0 Å². The largest absolute Gasteiger partial charge is 0.493 e. The number of rotatable bonds is 7. The van der Waals surface area contributed by atoms with Crippen LogP contribution in [0.1, 0.15) is 26.2 Å². The minimum absolute atomic E-state index is 0.222. The summed E-state index contributed by atoms with van der Waals surface area (Å²) in [7, 11) is 3.18. The van der Waals surface area contributed by atoms with Gasteiger partial charge < -0.3 is 19.3 Å². The van der Waals surface area contributed by atoms with Crippen molar-refractivity contribution in [3.8, 4) is 17.2 Å². The van der Waals surface area contributed by atoms with E-state index in [9.17, 15) is 5.11 Å². The number of aliphatic hydroxyl groups excluding tert-OH is 1. The predicted octanol–water partition coefficient (Wildman–Crippen LogP) is 2.32. The zero-order chi connectivity index (χ0) is 15.9. The molecule has 0 aliphatic carbocycles. The lowest BCUT2D eigenvalue weighted by atomic mass is 10.0. The number of para-hydroxylation sites is 1. The summed E-state index contributed by atoms with van der Waals surface area (Å²) in [5.41, 5.74) is 0. The number of nitrogens with zero attached hydrogens (tertiary/aromatic N) is 1. The fourth-order valence-corrected chi connectivity index (χ4v) is 2.89. The van der Waals surface area contributed by atoms with Crippen LogP contribution in [0, 0.1) is 0 Å². The third-order valence-electron chi connectivity index (χ3n) is 4.19. The van der Waals surface area contributed by atoms with E-state index in [-0.39, 0.29) is 6.61 Å². The Bertz CT molecular complexity index is 444. The molecule has 1 heterocycles. The highest BCUT2D eigenvalue weighted by Crippen LogP contribution is 2.36. The lowest BCUT2D eigenvalue weighted by Crippen LogP contribution is -2.43. The summed E-state index contributed by atoms with van der Waals surface area (Å²) in [5, 5.41) is 10.3. The Morgan fingerprint density at radius 2 is 1.91 bits per heavy atom. The second-order valence-corrected chi connectivity index (χ2v) is 5.80. The van der Waals surface area contributed by atoms with Gasteiger partial charge in [0.05, 0.1) is 14.2 Å². The molecule has 124 valence electrons. The van der Waals surface area contributed by atoms with Gasteiger partial charge in [0.15, 0.2) is 11.5 Å². The molecule has 5 heteroatoms. The van der Waals surface area contributed by atoms with Crippen molar-refractivity contribution in [2.75, 3.05) is 33.9 Å². The molecule has 22 heavy (non-hydrogen) atoms. The van der Waals surface area contributed by atoms with Crippen molar-refractivity contribution in [2.24, 2.45) is 0 Å². The fourth-order valence-electron chi connectivity index (χ4n) is 2.89. The van der Waals surface area contributed by atoms with E-state index in [0.717, 1.165) is 6.54 Å². The van der Waals surface area contributed by atoms with Crippen LogP contribution in [0.5, 0.6) is 17.2 Å².